The van der Waals surface area contributed by atoms with Crippen LogP contribution in [0.1, 0.15) is 42.7 Å². The highest BCUT2D eigenvalue weighted by atomic mass is 32.2. The lowest BCUT2D eigenvalue weighted by Gasteiger charge is -2.25. The molecule has 146 valence electrons. The van der Waals surface area contributed by atoms with E-state index in [1.165, 1.54) is 40.7 Å². The molecule has 0 N–H and O–H groups in total. The molecule has 0 heterocycles. The van der Waals surface area contributed by atoms with Crippen LogP contribution in [0.4, 0.5) is 4.39 Å². The number of benzene rings is 2. The Labute approximate surface area is 160 Å². The predicted molar refractivity (Wildman–Crippen MR) is 103 cm³/mol. The normalized spacial score (nSPS) is 12.8. The zero-order valence-corrected chi connectivity index (χ0v) is 16.8. The molecule has 0 aliphatic carbocycles. The molecule has 0 aliphatic rings. The smallest absolute Gasteiger partial charge is 0.254 e. The summed E-state index contributed by atoms with van der Waals surface area (Å²) in [6.07, 6.45) is 0. The van der Waals surface area contributed by atoms with Crippen molar-refractivity contribution < 1.29 is 17.6 Å². The number of hydrogen-bond acceptors (Lipinski definition) is 3. The van der Waals surface area contributed by atoms with Gasteiger partial charge in [0.2, 0.25) is 10.0 Å². The van der Waals surface area contributed by atoms with Crippen molar-refractivity contribution >= 4 is 15.9 Å². The molecule has 27 heavy (non-hydrogen) atoms. The van der Waals surface area contributed by atoms with Crippen LogP contribution in [-0.4, -0.2) is 43.7 Å². The largest absolute Gasteiger partial charge is 0.335 e. The average molecular weight is 392 g/mol. The molecular weight excluding hydrogens is 367 g/mol. The van der Waals surface area contributed by atoms with Crippen LogP contribution in [0.25, 0.3) is 0 Å². The lowest BCUT2D eigenvalue weighted by molar-refractivity contribution is 0.0742. The van der Waals surface area contributed by atoms with Crippen LogP contribution in [0.5, 0.6) is 0 Å². The summed E-state index contributed by atoms with van der Waals surface area (Å²) in [5.41, 5.74) is 1.21. The Morgan fingerprint density at radius 2 is 1.52 bits per heavy atom. The number of amides is 1. The van der Waals surface area contributed by atoms with Crippen LogP contribution >= 0.6 is 0 Å². The van der Waals surface area contributed by atoms with Gasteiger partial charge in [-0.15, -0.1) is 0 Å². The van der Waals surface area contributed by atoms with Gasteiger partial charge in [-0.2, -0.15) is 4.31 Å². The van der Waals surface area contributed by atoms with E-state index in [0.29, 0.717) is 18.7 Å². The first-order chi connectivity index (χ1) is 12.7. The molecular formula is C20H25FN2O3S. The average Bonchev–Trinajstić information content (AvgIpc) is 2.67. The van der Waals surface area contributed by atoms with Gasteiger partial charge in [0.05, 0.1) is 10.9 Å². The first-order valence-corrected chi connectivity index (χ1v) is 10.3. The third kappa shape index (κ3) is 4.54. The molecule has 1 unspecified atom stereocenters. The molecule has 1 amide bonds. The summed E-state index contributed by atoms with van der Waals surface area (Å²) < 4.78 is 39.5. The quantitative estimate of drug-likeness (QED) is 0.722. The molecule has 0 aliphatic heterocycles. The SMILES string of the molecule is CCN(CC)S(=O)(=O)c1ccc(C(=O)N(C)C(C)c2ccc(F)cc2)cc1. The summed E-state index contributed by atoms with van der Waals surface area (Å²) in [4.78, 5) is 14.4. The van der Waals surface area contributed by atoms with Crippen molar-refractivity contribution in [1.82, 2.24) is 9.21 Å². The van der Waals surface area contributed by atoms with Gasteiger partial charge in [-0.05, 0) is 48.9 Å². The Morgan fingerprint density at radius 3 is 2.00 bits per heavy atom. The van der Waals surface area contributed by atoms with Gasteiger partial charge >= 0.3 is 0 Å². The molecule has 7 heteroatoms. The fraction of sp³-hybridized carbons (Fsp3) is 0.350. The number of hydrogen-bond donors (Lipinski definition) is 0. The lowest BCUT2D eigenvalue weighted by atomic mass is 10.1. The monoisotopic (exact) mass is 392 g/mol. The second kappa shape index (κ2) is 8.63. The number of halogens is 1. The zero-order valence-electron chi connectivity index (χ0n) is 16.0. The Balaban J connectivity index is 2.21. The molecule has 0 spiro atoms. The van der Waals surface area contributed by atoms with Crippen molar-refractivity contribution in [3.63, 3.8) is 0 Å². The van der Waals surface area contributed by atoms with Crippen molar-refractivity contribution in [3.8, 4) is 0 Å². The molecule has 0 radical (unpaired) electrons. The second-order valence-corrected chi connectivity index (χ2v) is 8.20. The van der Waals surface area contributed by atoms with E-state index in [0.717, 1.165) is 5.56 Å². The van der Waals surface area contributed by atoms with Crippen LogP contribution in [0.2, 0.25) is 0 Å². The highest BCUT2D eigenvalue weighted by molar-refractivity contribution is 7.89. The van der Waals surface area contributed by atoms with Crippen molar-refractivity contribution in [3.05, 3.63) is 65.5 Å². The van der Waals surface area contributed by atoms with Crippen LogP contribution in [0.3, 0.4) is 0 Å². The van der Waals surface area contributed by atoms with E-state index >= 15 is 0 Å². The van der Waals surface area contributed by atoms with Crippen LogP contribution < -0.4 is 0 Å². The first-order valence-electron chi connectivity index (χ1n) is 8.85. The van der Waals surface area contributed by atoms with Gasteiger partial charge in [-0.3, -0.25) is 4.79 Å². The summed E-state index contributed by atoms with van der Waals surface area (Å²) in [6, 6.07) is 11.7. The van der Waals surface area contributed by atoms with Gasteiger partial charge in [0.15, 0.2) is 0 Å². The number of sulfonamides is 1. The van der Waals surface area contributed by atoms with Gasteiger partial charge in [0.1, 0.15) is 5.82 Å². The predicted octanol–water partition coefficient (Wildman–Crippen LogP) is 3.69. The number of carbonyl (C=O) groups excluding carboxylic acids is 1. The van der Waals surface area contributed by atoms with Gasteiger partial charge < -0.3 is 4.90 Å². The molecule has 0 fully saturated rings. The van der Waals surface area contributed by atoms with Gasteiger partial charge in [-0.1, -0.05) is 26.0 Å². The number of nitrogens with zero attached hydrogens (tertiary/aromatic N) is 2. The standard InChI is InChI=1S/C20H25FN2O3S/c1-5-23(6-2)27(25,26)19-13-9-17(10-14-19)20(24)22(4)15(3)16-7-11-18(21)12-8-16/h7-15H,5-6H2,1-4H3. The summed E-state index contributed by atoms with van der Waals surface area (Å²) in [6.45, 7) is 6.19. The molecule has 0 saturated carbocycles. The van der Waals surface area contributed by atoms with Crippen molar-refractivity contribution in [1.29, 1.82) is 0 Å². The molecule has 1 atom stereocenters. The van der Waals surface area contributed by atoms with Crippen molar-refractivity contribution in [2.75, 3.05) is 20.1 Å². The van der Waals surface area contributed by atoms with E-state index in [1.54, 1.807) is 37.9 Å². The summed E-state index contributed by atoms with van der Waals surface area (Å²) >= 11 is 0. The van der Waals surface area contributed by atoms with Crippen molar-refractivity contribution in [2.24, 2.45) is 0 Å². The lowest BCUT2D eigenvalue weighted by Crippen LogP contribution is -2.31. The minimum absolute atomic E-state index is 0.164. The number of rotatable bonds is 7. The fourth-order valence-corrected chi connectivity index (χ4v) is 4.28. The van der Waals surface area contributed by atoms with E-state index in [2.05, 4.69) is 0 Å². The van der Waals surface area contributed by atoms with Gasteiger partial charge in [0, 0.05) is 25.7 Å². The molecule has 0 bridgehead atoms. The van der Waals surface area contributed by atoms with Crippen LogP contribution in [0.15, 0.2) is 53.4 Å². The summed E-state index contributed by atoms with van der Waals surface area (Å²) in [5.74, 6) is -0.566. The van der Waals surface area contributed by atoms with E-state index in [4.69, 9.17) is 0 Å². The second-order valence-electron chi connectivity index (χ2n) is 6.26. The first kappa shape index (κ1) is 21.1. The molecule has 0 saturated heterocycles. The maximum absolute atomic E-state index is 13.1. The van der Waals surface area contributed by atoms with E-state index in [9.17, 15) is 17.6 Å². The van der Waals surface area contributed by atoms with Crippen LogP contribution in [-0.2, 0) is 10.0 Å². The van der Waals surface area contributed by atoms with Crippen molar-refractivity contribution in [2.45, 2.75) is 31.7 Å². The Kier molecular flexibility index (Phi) is 6.73. The maximum Gasteiger partial charge on any atom is 0.254 e. The Morgan fingerprint density at radius 1 is 1.00 bits per heavy atom. The Hall–Kier alpha value is -2.25. The van der Waals surface area contributed by atoms with Crippen LogP contribution in [0, 0.1) is 5.82 Å². The molecule has 2 rings (SSSR count). The topological polar surface area (TPSA) is 57.7 Å². The van der Waals surface area contributed by atoms with Gasteiger partial charge in [0.25, 0.3) is 5.91 Å². The number of carbonyl (C=O) groups is 1. The minimum atomic E-state index is -3.55. The highest BCUT2D eigenvalue weighted by Crippen LogP contribution is 2.22. The third-order valence-electron chi connectivity index (χ3n) is 4.70. The maximum atomic E-state index is 13.1. The molecule has 2 aromatic rings. The summed E-state index contributed by atoms with van der Waals surface area (Å²) in [5, 5.41) is 0. The zero-order chi connectivity index (χ0) is 20.2. The van der Waals surface area contributed by atoms with E-state index in [1.807, 2.05) is 6.92 Å². The van der Waals surface area contributed by atoms with E-state index in [-0.39, 0.29) is 22.7 Å². The highest BCUT2D eigenvalue weighted by Gasteiger charge is 2.23. The van der Waals surface area contributed by atoms with E-state index < -0.39 is 10.0 Å². The Bertz CT molecular complexity index is 876. The molecule has 0 aromatic heterocycles. The molecule has 2 aromatic carbocycles. The summed E-state index contributed by atoms with van der Waals surface area (Å²) in [7, 11) is -1.89. The third-order valence-corrected chi connectivity index (χ3v) is 6.76. The van der Waals surface area contributed by atoms with Gasteiger partial charge in [-0.25, -0.2) is 12.8 Å². The molecule has 5 nitrogen and oxygen atoms in total. The fourth-order valence-electron chi connectivity index (χ4n) is 2.83. The minimum Gasteiger partial charge on any atom is -0.335 e.